The third-order valence-corrected chi connectivity index (χ3v) is 6.67. The van der Waals surface area contributed by atoms with Crippen molar-refractivity contribution in [1.82, 2.24) is 10.2 Å². The van der Waals surface area contributed by atoms with Crippen LogP contribution in [-0.2, 0) is 6.18 Å². The molecule has 3 aliphatic heterocycles. The monoisotopic (exact) mass is 397 g/mol. The predicted molar refractivity (Wildman–Crippen MR) is 103 cm³/mol. The summed E-state index contributed by atoms with van der Waals surface area (Å²) >= 11 is 0. The molecule has 3 fully saturated rings. The maximum atomic E-state index is 13.4. The van der Waals surface area contributed by atoms with Crippen LogP contribution in [0.1, 0.15) is 55.6 Å². The van der Waals surface area contributed by atoms with Gasteiger partial charge in [0.05, 0.1) is 5.56 Å². The summed E-state index contributed by atoms with van der Waals surface area (Å²) in [5.41, 5.74) is 1.27. The minimum absolute atomic E-state index is 0.316. The zero-order chi connectivity index (χ0) is 19.7. The summed E-state index contributed by atoms with van der Waals surface area (Å²) in [4.78, 5) is 4.32. The van der Waals surface area contributed by atoms with Crippen LogP contribution in [0.25, 0.3) is 0 Å². The lowest BCUT2D eigenvalue weighted by molar-refractivity contribution is -0.137. The third kappa shape index (κ3) is 4.16. The van der Waals surface area contributed by atoms with Gasteiger partial charge in [-0.15, -0.1) is 0 Å². The standard InChI is InChI=1S/C21H30F3N3O/c22-21(23,24)16-3-4-18(15-5-9-25-10-6-15)19(14-16)26-12-7-17(8-13-26)27-11-1-2-20(27)28/h3-4,14-15,17,20,25,28H,1-2,5-13H2/t20-/m1/s1. The van der Waals surface area contributed by atoms with E-state index in [0.717, 1.165) is 82.5 Å². The number of hydrogen-bond acceptors (Lipinski definition) is 4. The van der Waals surface area contributed by atoms with Crippen LogP contribution in [0, 0.1) is 0 Å². The molecule has 0 saturated carbocycles. The van der Waals surface area contributed by atoms with Crippen molar-refractivity contribution >= 4 is 5.69 Å². The normalized spacial score (nSPS) is 26.1. The van der Waals surface area contributed by atoms with Crippen LogP contribution in [-0.4, -0.2) is 55.0 Å². The average molecular weight is 397 g/mol. The second kappa shape index (κ2) is 8.20. The Bertz CT molecular complexity index is 667. The molecule has 1 aromatic rings. The van der Waals surface area contributed by atoms with Crippen LogP contribution >= 0.6 is 0 Å². The van der Waals surface area contributed by atoms with Gasteiger partial charge in [0.25, 0.3) is 0 Å². The van der Waals surface area contributed by atoms with Gasteiger partial charge in [-0.3, -0.25) is 4.90 Å². The number of nitrogens with zero attached hydrogens (tertiary/aromatic N) is 2. The molecule has 4 rings (SSSR count). The van der Waals surface area contributed by atoms with Gasteiger partial charge in [-0.05, 0) is 75.2 Å². The van der Waals surface area contributed by atoms with E-state index in [0.29, 0.717) is 12.0 Å². The Morgan fingerprint density at radius 1 is 0.964 bits per heavy atom. The van der Waals surface area contributed by atoms with E-state index in [9.17, 15) is 18.3 Å². The second-order valence-electron chi connectivity index (χ2n) is 8.37. The highest BCUT2D eigenvalue weighted by atomic mass is 19.4. The average Bonchev–Trinajstić information content (AvgIpc) is 3.13. The largest absolute Gasteiger partial charge is 0.416 e. The fourth-order valence-corrected chi connectivity index (χ4v) is 5.11. The molecule has 0 aliphatic carbocycles. The van der Waals surface area contributed by atoms with Gasteiger partial charge in [0.2, 0.25) is 0 Å². The second-order valence-corrected chi connectivity index (χ2v) is 8.37. The highest BCUT2D eigenvalue weighted by molar-refractivity contribution is 5.58. The molecule has 7 heteroatoms. The lowest BCUT2D eigenvalue weighted by Gasteiger charge is -2.40. The van der Waals surface area contributed by atoms with Crippen molar-refractivity contribution in [2.75, 3.05) is 37.6 Å². The molecule has 3 heterocycles. The van der Waals surface area contributed by atoms with Crippen LogP contribution < -0.4 is 10.2 Å². The van der Waals surface area contributed by atoms with Crippen LogP contribution in [0.15, 0.2) is 18.2 Å². The lowest BCUT2D eigenvalue weighted by Crippen LogP contribution is -2.47. The number of halogens is 3. The Kier molecular flexibility index (Phi) is 5.86. The molecular formula is C21H30F3N3O. The van der Waals surface area contributed by atoms with Gasteiger partial charge in [0, 0.05) is 31.4 Å². The van der Waals surface area contributed by atoms with E-state index in [1.165, 1.54) is 12.1 Å². The molecule has 0 aromatic heterocycles. The molecule has 3 aliphatic rings. The molecule has 0 radical (unpaired) electrons. The summed E-state index contributed by atoms with van der Waals surface area (Å²) in [5.74, 6) is 0.316. The van der Waals surface area contributed by atoms with Gasteiger partial charge in [-0.1, -0.05) is 6.07 Å². The number of anilines is 1. The number of aliphatic hydroxyl groups excluding tert-OH is 1. The van der Waals surface area contributed by atoms with Crippen molar-refractivity contribution in [3.8, 4) is 0 Å². The Labute approximate surface area is 164 Å². The topological polar surface area (TPSA) is 38.7 Å². The van der Waals surface area contributed by atoms with Crippen LogP contribution in [0.2, 0.25) is 0 Å². The first kappa shape index (κ1) is 20.0. The molecule has 4 nitrogen and oxygen atoms in total. The van der Waals surface area contributed by atoms with Crippen LogP contribution in [0.3, 0.4) is 0 Å². The summed E-state index contributed by atoms with van der Waals surface area (Å²) in [5, 5.41) is 13.5. The van der Waals surface area contributed by atoms with Crippen molar-refractivity contribution < 1.29 is 18.3 Å². The first-order valence-corrected chi connectivity index (χ1v) is 10.5. The molecule has 0 unspecified atom stereocenters. The molecule has 1 atom stereocenters. The summed E-state index contributed by atoms with van der Waals surface area (Å²) in [6, 6.07) is 4.66. The van der Waals surface area contributed by atoms with Crippen molar-refractivity contribution in [1.29, 1.82) is 0 Å². The third-order valence-electron chi connectivity index (χ3n) is 6.67. The van der Waals surface area contributed by atoms with E-state index in [2.05, 4.69) is 15.1 Å². The van der Waals surface area contributed by atoms with E-state index in [1.807, 2.05) is 0 Å². The first-order chi connectivity index (χ1) is 13.4. The number of aliphatic hydroxyl groups is 1. The molecular weight excluding hydrogens is 367 g/mol. The van der Waals surface area contributed by atoms with Gasteiger partial charge in [0.1, 0.15) is 6.23 Å². The number of hydrogen-bond donors (Lipinski definition) is 2. The summed E-state index contributed by atoms with van der Waals surface area (Å²) in [6.45, 7) is 4.25. The molecule has 156 valence electrons. The van der Waals surface area contributed by atoms with Crippen molar-refractivity contribution in [2.45, 2.75) is 62.9 Å². The number of likely N-dealkylation sites (tertiary alicyclic amines) is 1. The zero-order valence-corrected chi connectivity index (χ0v) is 16.2. The van der Waals surface area contributed by atoms with E-state index < -0.39 is 11.7 Å². The summed E-state index contributed by atoms with van der Waals surface area (Å²) in [6.07, 6.45) is 0.888. The zero-order valence-electron chi connectivity index (χ0n) is 16.2. The number of piperidine rings is 2. The SMILES string of the molecule is O[C@@H]1CCCN1C1CCN(c2cc(C(F)(F)F)ccc2C2CCNCC2)CC1. The number of nitrogens with one attached hydrogen (secondary N) is 1. The molecule has 0 spiro atoms. The molecule has 1 aromatic carbocycles. The molecule has 0 amide bonds. The smallest absolute Gasteiger partial charge is 0.378 e. The van der Waals surface area contributed by atoms with Gasteiger partial charge in [0.15, 0.2) is 0 Å². The summed E-state index contributed by atoms with van der Waals surface area (Å²) in [7, 11) is 0. The minimum Gasteiger partial charge on any atom is -0.378 e. The van der Waals surface area contributed by atoms with Crippen molar-refractivity contribution in [2.24, 2.45) is 0 Å². The quantitative estimate of drug-likeness (QED) is 0.818. The Balaban J connectivity index is 1.55. The van der Waals surface area contributed by atoms with E-state index in [4.69, 9.17) is 0 Å². The Hall–Kier alpha value is -1.31. The molecule has 28 heavy (non-hydrogen) atoms. The molecule has 2 N–H and O–H groups in total. The molecule has 0 bridgehead atoms. The highest BCUT2D eigenvalue weighted by Crippen LogP contribution is 2.39. The van der Waals surface area contributed by atoms with E-state index in [-0.39, 0.29) is 6.23 Å². The van der Waals surface area contributed by atoms with Crippen LogP contribution in [0.5, 0.6) is 0 Å². The minimum atomic E-state index is -4.32. The van der Waals surface area contributed by atoms with Crippen molar-refractivity contribution in [3.05, 3.63) is 29.3 Å². The van der Waals surface area contributed by atoms with Gasteiger partial charge in [-0.25, -0.2) is 0 Å². The van der Waals surface area contributed by atoms with Gasteiger partial charge < -0.3 is 15.3 Å². The van der Waals surface area contributed by atoms with Crippen LogP contribution in [0.4, 0.5) is 18.9 Å². The number of rotatable bonds is 3. The summed E-state index contributed by atoms with van der Waals surface area (Å²) < 4.78 is 40.1. The molecule has 3 saturated heterocycles. The Morgan fingerprint density at radius 3 is 2.29 bits per heavy atom. The maximum absolute atomic E-state index is 13.4. The van der Waals surface area contributed by atoms with E-state index in [1.54, 1.807) is 6.07 Å². The predicted octanol–water partition coefficient (Wildman–Crippen LogP) is 3.56. The van der Waals surface area contributed by atoms with E-state index >= 15 is 0 Å². The number of benzene rings is 1. The fraction of sp³-hybridized carbons (Fsp3) is 0.714. The van der Waals surface area contributed by atoms with Crippen molar-refractivity contribution in [3.63, 3.8) is 0 Å². The number of alkyl halides is 3. The lowest BCUT2D eigenvalue weighted by atomic mass is 9.87. The maximum Gasteiger partial charge on any atom is 0.416 e. The first-order valence-electron chi connectivity index (χ1n) is 10.5. The fourth-order valence-electron chi connectivity index (χ4n) is 5.11. The van der Waals surface area contributed by atoms with Gasteiger partial charge in [-0.2, -0.15) is 13.2 Å². The highest BCUT2D eigenvalue weighted by Gasteiger charge is 2.35. The van der Waals surface area contributed by atoms with Gasteiger partial charge >= 0.3 is 6.18 Å². The Morgan fingerprint density at radius 2 is 1.68 bits per heavy atom.